The molecule has 4 rings (SSSR count). The second kappa shape index (κ2) is 7.33. The number of hydrogen-bond donors (Lipinski definition) is 1. The summed E-state index contributed by atoms with van der Waals surface area (Å²) in [5.41, 5.74) is 2.99. The van der Waals surface area contributed by atoms with Crippen LogP contribution < -0.4 is 10.2 Å². The molecule has 1 aliphatic heterocycles. The highest BCUT2D eigenvalue weighted by Gasteiger charge is 2.21. The maximum Gasteiger partial charge on any atom is 0.151 e. The van der Waals surface area contributed by atoms with E-state index in [0.717, 1.165) is 59.9 Å². The number of nitrogens with one attached hydrogen (secondary N) is 1. The summed E-state index contributed by atoms with van der Waals surface area (Å²) in [6.07, 6.45) is 2.30. The van der Waals surface area contributed by atoms with Crippen LogP contribution in [0.4, 0.5) is 5.82 Å². The summed E-state index contributed by atoms with van der Waals surface area (Å²) >= 11 is 0. The predicted octanol–water partition coefficient (Wildman–Crippen LogP) is 2.80. The minimum atomic E-state index is 0.405. The summed E-state index contributed by atoms with van der Waals surface area (Å²) < 4.78 is 0. The monoisotopic (exact) mass is 348 g/mol. The Morgan fingerprint density at radius 2 is 1.96 bits per heavy atom. The molecule has 0 spiro atoms. The number of rotatable bonds is 4. The van der Waals surface area contributed by atoms with Crippen LogP contribution in [0, 0.1) is 13.8 Å². The number of aryl methyl sites for hydroxylation is 2. The lowest BCUT2D eigenvalue weighted by molar-refractivity contribution is 0.415. The molecule has 1 atom stereocenters. The van der Waals surface area contributed by atoms with Crippen LogP contribution in [0.2, 0.25) is 0 Å². The highest BCUT2D eigenvalue weighted by atomic mass is 15.3. The fourth-order valence-electron chi connectivity index (χ4n) is 3.52. The molecule has 1 aliphatic rings. The molecular formula is C20H24N6. The second-order valence-corrected chi connectivity index (χ2v) is 6.94. The van der Waals surface area contributed by atoms with E-state index in [-0.39, 0.29) is 0 Å². The summed E-state index contributed by atoms with van der Waals surface area (Å²) in [6, 6.07) is 12.7. The Balaban J connectivity index is 1.42. The van der Waals surface area contributed by atoms with Crippen molar-refractivity contribution in [3.8, 4) is 0 Å². The third-order valence-electron chi connectivity index (χ3n) is 4.92. The number of benzene rings is 1. The van der Waals surface area contributed by atoms with Crippen LogP contribution in [0.3, 0.4) is 0 Å². The highest BCUT2D eigenvalue weighted by molar-refractivity contribution is 5.80. The minimum absolute atomic E-state index is 0.405. The normalized spacial score (nSPS) is 17.6. The lowest BCUT2D eigenvalue weighted by atomic mass is 10.1. The van der Waals surface area contributed by atoms with Gasteiger partial charge >= 0.3 is 0 Å². The average molecular weight is 348 g/mol. The third kappa shape index (κ3) is 3.65. The molecule has 6 nitrogen and oxygen atoms in total. The molecule has 26 heavy (non-hydrogen) atoms. The molecule has 2 aromatic heterocycles. The molecule has 1 fully saturated rings. The Bertz CT molecular complexity index is 892. The van der Waals surface area contributed by atoms with Crippen LogP contribution in [0.5, 0.6) is 0 Å². The highest BCUT2D eigenvalue weighted by Crippen LogP contribution is 2.18. The molecule has 0 aliphatic carbocycles. The molecule has 3 heterocycles. The van der Waals surface area contributed by atoms with Gasteiger partial charge in [-0.3, -0.25) is 0 Å². The average Bonchev–Trinajstić information content (AvgIpc) is 2.67. The van der Waals surface area contributed by atoms with Crippen molar-refractivity contribution in [2.75, 3.05) is 18.0 Å². The Morgan fingerprint density at radius 1 is 1.08 bits per heavy atom. The Kier molecular flexibility index (Phi) is 4.75. The van der Waals surface area contributed by atoms with Gasteiger partial charge in [0.15, 0.2) is 5.82 Å². The number of nitrogens with zero attached hydrogens (tertiary/aromatic N) is 5. The topological polar surface area (TPSA) is 66.8 Å². The van der Waals surface area contributed by atoms with E-state index in [0.29, 0.717) is 12.6 Å². The fourth-order valence-corrected chi connectivity index (χ4v) is 3.52. The summed E-state index contributed by atoms with van der Waals surface area (Å²) in [5.74, 6) is 1.81. The minimum Gasteiger partial charge on any atom is -0.354 e. The van der Waals surface area contributed by atoms with E-state index >= 15 is 0 Å². The molecule has 6 heteroatoms. The van der Waals surface area contributed by atoms with E-state index in [9.17, 15) is 0 Å². The van der Waals surface area contributed by atoms with E-state index in [1.165, 1.54) is 0 Å². The molecule has 0 amide bonds. The Labute approximate surface area is 153 Å². The van der Waals surface area contributed by atoms with Gasteiger partial charge in [-0.1, -0.05) is 18.2 Å². The molecule has 0 radical (unpaired) electrons. The molecule has 3 aromatic rings. The number of fused-ring (bicyclic) bond motifs is 1. The van der Waals surface area contributed by atoms with Gasteiger partial charge in [0.25, 0.3) is 0 Å². The van der Waals surface area contributed by atoms with Crippen LogP contribution in [0.25, 0.3) is 10.9 Å². The van der Waals surface area contributed by atoms with Crippen LogP contribution in [-0.2, 0) is 6.54 Å². The number of para-hydroxylation sites is 1. The van der Waals surface area contributed by atoms with Gasteiger partial charge in [0.2, 0.25) is 0 Å². The number of hydrogen-bond acceptors (Lipinski definition) is 6. The predicted molar refractivity (Wildman–Crippen MR) is 103 cm³/mol. The van der Waals surface area contributed by atoms with E-state index in [1.807, 2.05) is 38.1 Å². The summed E-state index contributed by atoms with van der Waals surface area (Å²) in [6.45, 7) is 6.66. The lowest BCUT2D eigenvalue weighted by Gasteiger charge is -2.33. The van der Waals surface area contributed by atoms with Crippen molar-refractivity contribution in [2.24, 2.45) is 0 Å². The number of aromatic nitrogens is 4. The van der Waals surface area contributed by atoms with Gasteiger partial charge in [0.05, 0.1) is 17.8 Å². The van der Waals surface area contributed by atoms with Gasteiger partial charge in [-0.2, -0.15) is 5.10 Å². The number of piperidine rings is 1. The molecule has 0 bridgehead atoms. The zero-order valence-electron chi connectivity index (χ0n) is 15.3. The van der Waals surface area contributed by atoms with Crippen molar-refractivity contribution < 1.29 is 0 Å². The van der Waals surface area contributed by atoms with Crippen LogP contribution in [-0.4, -0.2) is 39.3 Å². The Morgan fingerprint density at radius 3 is 2.81 bits per heavy atom. The van der Waals surface area contributed by atoms with Crippen molar-refractivity contribution in [3.05, 3.63) is 53.6 Å². The zero-order chi connectivity index (χ0) is 17.9. The van der Waals surface area contributed by atoms with Crippen molar-refractivity contribution in [1.29, 1.82) is 0 Å². The molecule has 134 valence electrons. The first-order valence-electron chi connectivity index (χ1n) is 9.20. The summed E-state index contributed by atoms with van der Waals surface area (Å²) in [7, 11) is 0. The van der Waals surface area contributed by atoms with E-state index in [1.54, 1.807) is 0 Å². The Hall–Kier alpha value is -2.60. The van der Waals surface area contributed by atoms with Crippen LogP contribution in [0.15, 0.2) is 36.4 Å². The first-order valence-corrected chi connectivity index (χ1v) is 9.20. The largest absolute Gasteiger partial charge is 0.354 e. The summed E-state index contributed by atoms with van der Waals surface area (Å²) in [4.78, 5) is 11.7. The first-order chi connectivity index (χ1) is 12.7. The molecule has 1 aromatic carbocycles. The van der Waals surface area contributed by atoms with Crippen LogP contribution >= 0.6 is 0 Å². The van der Waals surface area contributed by atoms with Crippen molar-refractivity contribution in [3.63, 3.8) is 0 Å². The van der Waals surface area contributed by atoms with Gasteiger partial charge in [0, 0.05) is 30.2 Å². The van der Waals surface area contributed by atoms with Gasteiger partial charge in [-0.15, -0.1) is 5.10 Å². The van der Waals surface area contributed by atoms with Gasteiger partial charge in [-0.05, 0) is 44.9 Å². The molecule has 1 N–H and O–H groups in total. The van der Waals surface area contributed by atoms with E-state index in [4.69, 9.17) is 4.98 Å². The van der Waals surface area contributed by atoms with E-state index in [2.05, 4.69) is 37.5 Å². The van der Waals surface area contributed by atoms with Crippen molar-refractivity contribution in [2.45, 2.75) is 39.3 Å². The third-order valence-corrected chi connectivity index (χ3v) is 4.92. The van der Waals surface area contributed by atoms with Crippen LogP contribution in [0.1, 0.15) is 30.1 Å². The fraction of sp³-hybridized carbons (Fsp3) is 0.400. The molecular weight excluding hydrogens is 324 g/mol. The zero-order valence-corrected chi connectivity index (χ0v) is 15.3. The smallest absolute Gasteiger partial charge is 0.151 e. The molecule has 0 saturated carbocycles. The second-order valence-electron chi connectivity index (χ2n) is 6.94. The standard InChI is InChI=1S/C20H24N6/c1-14-9-10-20(25-24-14)26-11-5-6-16(13-26)21-12-19-22-15(2)17-7-3-4-8-18(17)23-19/h3-4,7-10,16,21H,5-6,11-13H2,1-2H3. The quantitative estimate of drug-likeness (QED) is 0.782. The molecule has 1 saturated heterocycles. The first kappa shape index (κ1) is 16.8. The van der Waals surface area contributed by atoms with E-state index < -0.39 is 0 Å². The number of anilines is 1. The SMILES string of the molecule is Cc1ccc(N2CCCC(NCc3nc(C)c4ccccc4n3)C2)nn1. The summed E-state index contributed by atoms with van der Waals surface area (Å²) in [5, 5.41) is 13.3. The maximum atomic E-state index is 4.70. The maximum absolute atomic E-state index is 4.70. The van der Waals surface area contributed by atoms with Crippen molar-refractivity contribution >= 4 is 16.7 Å². The molecule has 1 unspecified atom stereocenters. The van der Waals surface area contributed by atoms with Crippen molar-refractivity contribution in [1.82, 2.24) is 25.5 Å². The van der Waals surface area contributed by atoms with Gasteiger partial charge in [0.1, 0.15) is 5.82 Å². The van der Waals surface area contributed by atoms with Gasteiger partial charge < -0.3 is 10.2 Å². The van der Waals surface area contributed by atoms with Gasteiger partial charge in [-0.25, -0.2) is 9.97 Å². The lowest BCUT2D eigenvalue weighted by Crippen LogP contribution is -2.46.